The first-order valence-corrected chi connectivity index (χ1v) is 28.9. The van der Waals surface area contributed by atoms with E-state index < -0.39 is 20.0 Å². The zero-order chi connectivity index (χ0) is 52.0. The molecule has 3 unspecified atom stereocenters. The van der Waals surface area contributed by atoms with Gasteiger partial charge in [0.15, 0.2) is 0 Å². The van der Waals surface area contributed by atoms with Crippen LogP contribution in [0.1, 0.15) is 174 Å². The molecule has 0 rings (SSSR count). The highest BCUT2D eigenvalue weighted by Crippen LogP contribution is 2.43. The summed E-state index contributed by atoms with van der Waals surface area (Å²) in [5.74, 6) is -0.224. The molecule has 3 atom stereocenters. The standard InChI is InChI=1S/C62H101N2O6P/c1-6-8-10-12-14-16-18-20-22-23-24-25-26-27-28-29-30-31-32-33-34-35-36-37-38-39-40-41-42-44-46-48-50-52-54-56-62(66)63-60(59-70-71(67,68)69-58-57-64(3,4)5)61(65)55-53-51-49-47-45-43-21-19-17-15-13-11-9-7-2/h8,10,14,16-17,19-20,22,24-25,27-28,30-31,33-34,36-37,39-40,42,44-45,47,53,55,60-61,65H,6-7,9,11-13,15,18,21,23,26,29,32,35,38,41,43,46,48-52,54,56-59H2,1-5H3,(H-,63,66,67,68)/p+1/b10-8-,16-14-,19-17+,22-20-,25-24-,28-27-,31-30-,34-33-,37-36-,40-39-,44-42-,47-45+,55-53+. The summed E-state index contributed by atoms with van der Waals surface area (Å²) in [6.07, 6.45) is 80.6. The van der Waals surface area contributed by atoms with Crippen molar-refractivity contribution in [3.05, 3.63) is 158 Å². The summed E-state index contributed by atoms with van der Waals surface area (Å²) < 4.78 is 23.6. The van der Waals surface area contributed by atoms with Crippen LogP contribution >= 0.6 is 7.82 Å². The number of unbranched alkanes of at least 4 members (excludes halogenated alkanes) is 10. The molecule has 0 aromatic heterocycles. The van der Waals surface area contributed by atoms with Gasteiger partial charge in [0.25, 0.3) is 0 Å². The van der Waals surface area contributed by atoms with Gasteiger partial charge in [-0.2, -0.15) is 0 Å². The molecule has 0 aromatic carbocycles. The van der Waals surface area contributed by atoms with Gasteiger partial charge >= 0.3 is 7.82 Å². The molecule has 0 spiro atoms. The van der Waals surface area contributed by atoms with Crippen molar-refractivity contribution in [2.24, 2.45) is 0 Å². The predicted molar refractivity (Wildman–Crippen MR) is 308 cm³/mol. The summed E-state index contributed by atoms with van der Waals surface area (Å²) in [7, 11) is 1.50. The maximum atomic E-state index is 12.9. The number of allylic oxidation sites excluding steroid dienone is 25. The van der Waals surface area contributed by atoms with Gasteiger partial charge in [-0.25, -0.2) is 4.57 Å². The summed E-state index contributed by atoms with van der Waals surface area (Å²) in [5.41, 5.74) is 0. The van der Waals surface area contributed by atoms with Gasteiger partial charge in [-0.05, 0) is 122 Å². The Balaban J connectivity index is 4.32. The Morgan fingerprint density at radius 3 is 1.28 bits per heavy atom. The van der Waals surface area contributed by atoms with Crippen LogP contribution in [0, 0.1) is 0 Å². The number of carbonyl (C=O) groups excluding carboxylic acids is 1. The van der Waals surface area contributed by atoms with Crippen LogP contribution in [-0.2, 0) is 18.4 Å². The summed E-state index contributed by atoms with van der Waals surface area (Å²) in [6, 6.07) is -0.895. The Morgan fingerprint density at radius 2 is 0.859 bits per heavy atom. The topological polar surface area (TPSA) is 105 Å². The third-order valence-electron chi connectivity index (χ3n) is 11.0. The number of hydrogen-bond donors (Lipinski definition) is 3. The van der Waals surface area contributed by atoms with E-state index in [1.807, 2.05) is 27.2 Å². The van der Waals surface area contributed by atoms with E-state index in [-0.39, 0.29) is 19.1 Å². The molecule has 0 aliphatic heterocycles. The average molecular weight is 1000 g/mol. The lowest BCUT2D eigenvalue weighted by Gasteiger charge is -2.25. The van der Waals surface area contributed by atoms with Crippen LogP contribution in [0.5, 0.6) is 0 Å². The number of nitrogens with zero attached hydrogens (tertiary/aromatic N) is 1. The normalized spacial score (nSPS) is 15.2. The monoisotopic (exact) mass is 1000 g/mol. The third kappa shape index (κ3) is 53.7. The van der Waals surface area contributed by atoms with E-state index >= 15 is 0 Å². The molecule has 3 N–H and O–H groups in total. The summed E-state index contributed by atoms with van der Waals surface area (Å²) >= 11 is 0. The van der Waals surface area contributed by atoms with E-state index in [1.54, 1.807) is 6.08 Å². The molecule has 9 heteroatoms. The summed E-state index contributed by atoms with van der Waals surface area (Å²) in [4.78, 5) is 23.2. The van der Waals surface area contributed by atoms with Crippen LogP contribution < -0.4 is 5.32 Å². The van der Waals surface area contributed by atoms with Crippen LogP contribution in [0.25, 0.3) is 0 Å². The lowest BCUT2D eigenvalue weighted by atomic mass is 10.1. The van der Waals surface area contributed by atoms with E-state index in [9.17, 15) is 19.4 Å². The predicted octanol–water partition coefficient (Wildman–Crippen LogP) is 16.7. The van der Waals surface area contributed by atoms with Crippen LogP contribution in [0.4, 0.5) is 0 Å². The zero-order valence-electron chi connectivity index (χ0n) is 45.4. The Hall–Kier alpha value is -3.88. The molecular formula is C62H102N2O6P+. The minimum absolute atomic E-state index is 0.0387. The Labute approximate surface area is 435 Å². The molecule has 0 fully saturated rings. The SMILES string of the molecule is CC/C=C\C/C=C\C/C=C\C/C=C\C/C=C\C/C=C\C/C=C\C/C=C\C/C=C\C/C=C\CCCCCCC(=O)NC(COP(=O)(O)OCC[N+](C)(C)C)C(O)/C=C/CC/C=C/CC/C=C/CCCCCC. The van der Waals surface area contributed by atoms with Crippen molar-refractivity contribution < 1.29 is 32.9 Å². The fourth-order valence-electron chi connectivity index (χ4n) is 6.69. The van der Waals surface area contributed by atoms with Crippen LogP contribution in [0.2, 0.25) is 0 Å². The van der Waals surface area contributed by atoms with E-state index in [2.05, 4.69) is 165 Å². The largest absolute Gasteiger partial charge is 0.472 e. The lowest BCUT2D eigenvalue weighted by Crippen LogP contribution is -2.45. The van der Waals surface area contributed by atoms with Crippen molar-refractivity contribution in [3.63, 3.8) is 0 Å². The summed E-state index contributed by atoms with van der Waals surface area (Å²) in [6.45, 7) is 4.59. The molecule has 0 radical (unpaired) electrons. The third-order valence-corrected chi connectivity index (χ3v) is 11.9. The molecule has 8 nitrogen and oxygen atoms in total. The number of phosphoric ester groups is 1. The lowest BCUT2D eigenvalue weighted by molar-refractivity contribution is -0.870. The zero-order valence-corrected chi connectivity index (χ0v) is 46.3. The first kappa shape index (κ1) is 67.1. The maximum absolute atomic E-state index is 12.9. The quantitative estimate of drug-likeness (QED) is 0.0243. The van der Waals surface area contributed by atoms with E-state index in [0.29, 0.717) is 17.4 Å². The Bertz CT molecular complexity index is 1700. The number of phosphoric acid groups is 1. The second-order valence-electron chi connectivity index (χ2n) is 18.8. The molecular weight excluding hydrogens is 900 g/mol. The van der Waals surface area contributed by atoms with Gasteiger partial charge in [0, 0.05) is 6.42 Å². The highest BCUT2D eigenvalue weighted by Gasteiger charge is 2.27. The molecule has 0 aliphatic carbocycles. The van der Waals surface area contributed by atoms with Crippen LogP contribution in [0.3, 0.4) is 0 Å². The van der Waals surface area contributed by atoms with Crippen molar-refractivity contribution in [1.29, 1.82) is 0 Å². The van der Waals surface area contributed by atoms with Gasteiger partial charge < -0.3 is 19.8 Å². The number of aliphatic hydroxyl groups is 1. The molecule has 0 saturated carbocycles. The molecule has 400 valence electrons. The van der Waals surface area contributed by atoms with Crippen molar-refractivity contribution in [3.8, 4) is 0 Å². The molecule has 71 heavy (non-hydrogen) atoms. The first-order chi connectivity index (χ1) is 34.5. The van der Waals surface area contributed by atoms with Crippen molar-refractivity contribution in [2.45, 2.75) is 187 Å². The Kier molecular flexibility index (Phi) is 48.2. The van der Waals surface area contributed by atoms with Gasteiger partial charge in [0.1, 0.15) is 13.2 Å². The molecule has 1 amide bonds. The fraction of sp³-hybridized carbons (Fsp3) is 0.565. The molecule has 0 aliphatic rings. The fourth-order valence-corrected chi connectivity index (χ4v) is 7.42. The maximum Gasteiger partial charge on any atom is 0.472 e. The molecule has 0 heterocycles. The van der Waals surface area contributed by atoms with Gasteiger partial charge in [0.2, 0.25) is 5.91 Å². The number of aliphatic hydroxyl groups excluding tert-OH is 1. The number of rotatable bonds is 47. The Morgan fingerprint density at radius 1 is 0.493 bits per heavy atom. The first-order valence-electron chi connectivity index (χ1n) is 27.4. The average Bonchev–Trinajstić information content (AvgIpc) is 3.33. The number of carbonyl (C=O) groups is 1. The minimum atomic E-state index is -4.37. The number of amides is 1. The second-order valence-corrected chi connectivity index (χ2v) is 20.3. The van der Waals surface area contributed by atoms with Gasteiger partial charge in [-0.3, -0.25) is 13.8 Å². The number of nitrogens with one attached hydrogen (secondary N) is 1. The van der Waals surface area contributed by atoms with Crippen LogP contribution in [-0.4, -0.2) is 73.4 Å². The minimum Gasteiger partial charge on any atom is -0.387 e. The highest BCUT2D eigenvalue weighted by atomic mass is 31.2. The van der Waals surface area contributed by atoms with E-state index in [0.717, 1.165) is 128 Å². The molecule has 0 saturated heterocycles. The van der Waals surface area contributed by atoms with Crippen molar-refractivity contribution >= 4 is 13.7 Å². The van der Waals surface area contributed by atoms with E-state index in [4.69, 9.17) is 9.05 Å². The smallest absolute Gasteiger partial charge is 0.387 e. The van der Waals surface area contributed by atoms with E-state index in [1.165, 1.54) is 25.7 Å². The molecule has 0 aromatic rings. The highest BCUT2D eigenvalue weighted by molar-refractivity contribution is 7.47. The van der Waals surface area contributed by atoms with Gasteiger partial charge in [0.05, 0.1) is 39.9 Å². The number of quaternary nitrogens is 1. The number of likely N-dealkylation sites (N-methyl/N-ethyl adjacent to an activating group) is 1. The van der Waals surface area contributed by atoms with Crippen molar-refractivity contribution in [1.82, 2.24) is 5.32 Å². The van der Waals surface area contributed by atoms with Crippen molar-refractivity contribution in [2.75, 3.05) is 40.9 Å². The molecule has 0 bridgehead atoms. The summed E-state index contributed by atoms with van der Waals surface area (Å²) in [5, 5.41) is 13.8. The number of hydrogen-bond acceptors (Lipinski definition) is 5. The second kappa shape index (κ2) is 51.0. The van der Waals surface area contributed by atoms with Gasteiger partial charge in [-0.15, -0.1) is 0 Å². The van der Waals surface area contributed by atoms with Gasteiger partial charge in [-0.1, -0.05) is 204 Å². The van der Waals surface area contributed by atoms with Crippen LogP contribution in [0.15, 0.2) is 158 Å².